The Morgan fingerprint density at radius 1 is 0.467 bits per heavy atom. The van der Waals surface area contributed by atoms with Crippen molar-refractivity contribution in [2.75, 3.05) is 39.6 Å². The van der Waals surface area contributed by atoms with Crippen molar-refractivity contribution in [2.45, 2.75) is 60.8 Å². The van der Waals surface area contributed by atoms with Crippen molar-refractivity contribution < 1.29 is 58.1 Å². The smallest absolute Gasteiger partial charge is 0.333 e. The Bertz CT molecular complexity index is 2020. The normalized spacial score (nSPS) is 10.7. The SMILES string of the molecule is C=C(C)C(=O)OCCCOc1ccc(-c2nc(-c3ccc(OCCCOC(=O)C(=C)C)c(C)c3O)nc(-c3ccc(OCCCOC(=O)C(=C)C)c(C)c3O)n2)c(O)c1C. The van der Waals surface area contributed by atoms with Gasteiger partial charge in [-0.25, -0.2) is 29.3 Å². The highest BCUT2D eigenvalue weighted by atomic mass is 16.5. The number of carbonyl (C=O) groups is 3. The minimum absolute atomic E-state index is 0.0252. The molecule has 0 aliphatic heterocycles. The molecule has 0 fully saturated rings. The molecule has 0 amide bonds. The fourth-order valence-corrected chi connectivity index (χ4v) is 5.38. The zero-order valence-electron chi connectivity index (χ0n) is 34.8. The number of esters is 3. The van der Waals surface area contributed by atoms with Gasteiger partial charge in [0.2, 0.25) is 0 Å². The Labute approximate surface area is 348 Å². The quantitative estimate of drug-likeness (QED) is 0.0320. The number of benzene rings is 3. The van der Waals surface area contributed by atoms with E-state index in [4.69, 9.17) is 28.4 Å². The topological polar surface area (TPSA) is 206 Å². The second kappa shape index (κ2) is 21.2. The number of hydrogen-bond donors (Lipinski definition) is 3. The molecule has 0 saturated carbocycles. The first-order valence-corrected chi connectivity index (χ1v) is 19.1. The average molecular weight is 826 g/mol. The number of nitrogens with zero attached hydrogens (tertiary/aromatic N) is 3. The summed E-state index contributed by atoms with van der Waals surface area (Å²) in [7, 11) is 0. The highest BCUT2D eigenvalue weighted by molar-refractivity contribution is 5.87. The first kappa shape index (κ1) is 45.8. The third-order valence-electron chi connectivity index (χ3n) is 8.89. The summed E-state index contributed by atoms with van der Waals surface area (Å²) < 4.78 is 33.0. The van der Waals surface area contributed by atoms with Crippen molar-refractivity contribution in [3.8, 4) is 68.7 Å². The number of phenols is 3. The number of rotatable bonds is 21. The molecule has 4 rings (SSSR count). The second-order valence-corrected chi connectivity index (χ2v) is 13.9. The van der Waals surface area contributed by atoms with Gasteiger partial charge in [-0.1, -0.05) is 19.7 Å². The maximum absolute atomic E-state index is 11.7. The van der Waals surface area contributed by atoms with Crippen LogP contribution in [-0.2, 0) is 28.6 Å². The lowest BCUT2D eigenvalue weighted by molar-refractivity contribution is -0.140. The average Bonchev–Trinajstić information content (AvgIpc) is 3.21. The predicted octanol–water partition coefficient (Wildman–Crippen LogP) is 7.58. The number of aromatic nitrogens is 3. The van der Waals surface area contributed by atoms with Crippen molar-refractivity contribution in [2.24, 2.45) is 0 Å². The first-order chi connectivity index (χ1) is 28.5. The molecule has 0 unspecified atom stereocenters. The van der Waals surface area contributed by atoms with Crippen LogP contribution in [0.25, 0.3) is 34.2 Å². The van der Waals surface area contributed by atoms with Crippen molar-refractivity contribution in [3.05, 3.63) is 89.5 Å². The van der Waals surface area contributed by atoms with Crippen LogP contribution in [0.15, 0.2) is 72.9 Å². The highest BCUT2D eigenvalue weighted by Crippen LogP contribution is 2.41. The van der Waals surface area contributed by atoms with E-state index in [2.05, 4.69) is 34.7 Å². The lowest BCUT2D eigenvalue weighted by Crippen LogP contribution is -2.09. The molecular weight excluding hydrogens is 775 g/mol. The highest BCUT2D eigenvalue weighted by Gasteiger charge is 2.23. The molecule has 3 N–H and O–H groups in total. The van der Waals surface area contributed by atoms with Gasteiger partial charge in [-0.15, -0.1) is 0 Å². The van der Waals surface area contributed by atoms with E-state index in [1.165, 1.54) is 0 Å². The molecule has 60 heavy (non-hydrogen) atoms. The van der Waals surface area contributed by atoms with Gasteiger partial charge >= 0.3 is 17.9 Å². The summed E-state index contributed by atoms with van der Waals surface area (Å²) in [5.74, 6) is -0.787. The van der Waals surface area contributed by atoms with Gasteiger partial charge in [0, 0.05) is 52.7 Å². The van der Waals surface area contributed by atoms with Gasteiger partial charge < -0.3 is 43.7 Å². The summed E-state index contributed by atoms with van der Waals surface area (Å²) in [6, 6.07) is 9.67. The maximum Gasteiger partial charge on any atom is 0.333 e. The fourth-order valence-electron chi connectivity index (χ4n) is 5.38. The first-order valence-electron chi connectivity index (χ1n) is 19.1. The van der Waals surface area contributed by atoms with Crippen LogP contribution in [0.5, 0.6) is 34.5 Å². The molecule has 1 aromatic heterocycles. The molecule has 0 radical (unpaired) electrons. The van der Waals surface area contributed by atoms with E-state index in [0.717, 1.165) is 0 Å². The second-order valence-electron chi connectivity index (χ2n) is 13.9. The molecule has 0 atom stereocenters. The monoisotopic (exact) mass is 825 g/mol. The Morgan fingerprint density at radius 3 is 0.950 bits per heavy atom. The molecule has 318 valence electrons. The van der Waals surface area contributed by atoms with Crippen LogP contribution in [0.4, 0.5) is 0 Å². The maximum atomic E-state index is 11.7. The predicted molar refractivity (Wildman–Crippen MR) is 223 cm³/mol. The minimum atomic E-state index is -0.490. The van der Waals surface area contributed by atoms with Gasteiger partial charge in [0.25, 0.3) is 0 Å². The van der Waals surface area contributed by atoms with Crippen molar-refractivity contribution in [1.82, 2.24) is 15.0 Å². The molecule has 0 saturated heterocycles. The molecule has 0 bridgehead atoms. The molecule has 15 heteroatoms. The van der Waals surface area contributed by atoms with E-state index in [1.807, 2.05) is 0 Å². The molecular formula is C45H51N3O12. The number of carbonyl (C=O) groups excluding carboxylic acids is 3. The van der Waals surface area contributed by atoms with Crippen molar-refractivity contribution in [1.29, 1.82) is 0 Å². The number of hydrogen-bond acceptors (Lipinski definition) is 15. The van der Waals surface area contributed by atoms with Gasteiger partial charge in [0.15, 0.2) is 17.5 Å². The van der Waals surface area contributed by atoms with Crippen LogP contribution in [-0.4, -0.2) is 87.8 Å². The molecule has 15 nitrogen and oxygen atoms in total. The van der Waals surface area contributed by atoms with Gasteiger partial charge in [-0.3, -0.25) is 0 Å². The Hall–Kier alpha value is -6.90. The van der Waals surface area contributed by atoms with E-state index < -0.39 is 17.9 Å². The van der Waals surface area contributed by atoms with E-state index in [9.17, 15) is 29.7 Å². The molecule has 1 heterocycles. The third kappa shape index (κ3) is 11.8. The van der Waals surface area contributed by atoms with Gasteiger partial charge in [-0.05, 0) is 77.9 Å². The van der Waals surface area contributed by atoms with E-state index in [1.54, 1.807) is 77.9 Å². The Morgan fingerprint density at radius 2 is 0.717 bits per heavy atom. The molecule has 0 aliphatic rings. The van der Waals surface area contributed by atoms with Crippen LogP contribution < -0.4 is 14.2 Å². The molecule has 0 aliphatic carbocycles. The Balaban J connectivity index is 1.67. The summed E-state index contributed by atoms with van der Waals surface area (Å²) in [5.41, 5.74) is 2.70. The van der Waals surface area contributed by atoms with E-state index in [-0.39, 0.29) is 91.1 Å². The number of aromatic hydroxyl groups is 3. The molecule has 3 aromatic carbocycles. The minimum Gasteiger partial charge on any atom is -0.507 e. The van der Waals surface area contributed by atoms with Gasteiger partial charge in [0.1, 0.15) is 34.5 Å². The van der Waals surface area contributed by atoms with E-state index >= 15 is 0 Å². The van der Waals surface area contributed by atoms with Crippen molar-refractivity contribution >= 4 is 17.9 Å². The Kier molecular flexibility index (Phi) is 16.2. The summed E-state index contributed by atoms with van der Waals surface area (Å²) in [6.07, 6.45) is 1.20. The van der Waals surface area contributed by atoms with Crippen LogP contribution in [0.2, 0.25) is 0 Å². The van der Waals surface area contributed by atoms with Crippen LogP contribution in [0, 0.1) is 20.8 Å². The van der Waals surface area contributed by atoms with E-state index in [0.29, 0.717) is 69.9 Å². The third-order valence-corrected chi connectivity index (χ3v) is 8.89. The van der Waals surface area contributed by atoms with Gasteiger partial charge in [0.05, 0.1) is 56.3 Å². The fraction of sp³-hybridized carbons (Fsp3) is 0.333. The summed E-state index contributed by atoms with van der Waals surface area (Å²) in [6.45, 7) is 21.3. The van der Waals surface area contributed by atoms with Crippen molar-refractivity contribution in [3.63, 3.8) is 0 Å². The summed E-state index contributed by atoms with van der Waals surface area (Å²) >= 11 is 0. The number of ether oxygens (including phenoxy) is 6. The van der Waals surface area contributed by atoms with Gasteiger partial charge in [-0.2, -0.15) is 0 Å². The largest absolute Gasteiger partial charge is 0.507 e. The standard InChI is InChI=1S/C45H51N3O12/c1-25(2)43(52)58-22-10-19-55-34-16-13-31(37(49)28(34)7)40-46-41(32-14-17-35(29(8)38(32)50)56-20-11-23-59-44(53)26(3)4)48-42(47-40)33-15-18-36(30(9)39(33)51)57-21-12-24-60-45(54)27(5)6/h13-18,49-51H,1,3,5,10-12,19-24H2,2,4,6-9H3. The summed E-state index contributed by atoms with van der Waals surface area (Å²) in [5, 5.41) is 34.4. The summed E-state index contributed by atoms with van der Waals surface area (Å²) in [4.78, 5) is 49.0. The molecule has 0 spiro atoms. The zero-order valence-corrected chi connectivity index (χ0v) is 34.8. The van der Waals surface area contributed by atoms with Crippen LogP contribution >= 0.6 is 0 Å². The van der Waals surface area contributed by atoms with Crippen LogP contribution in [0.1, 0.15) is 56.7 Å². The number of phenolic OH excluding ortho intramolecular Hbond substituents is 3. The van der Waals surface area contributed by atoms with Crippen LogP contribution in [0.3, 0.4) is 0 Å². The zero-order chi connectivity index (χ0) is 44.1. The lowest BCUT2D eigenvalue weighted by atomic mass is 10.1. The lowest BCUT2D eigenvalue weighted by Gasteiger charge is -2.16. The molecule has 4 aromatic rings.